The van der Waals surface area contributed by atoms with Crippen molar-refractivity contribution in [1.82, 2.24) is 24.5 Å². The molecule has 25 heavy (non-hydrogen) atoms. The van der Waals surface area contributed by atoms with Gasteiger partial charge in [-0.05, 0) is 38.0 Å². The maximum absolute atomic E-state index is 4.94. The lowest BCUT2D eigenvalue weighted by Gasteiger charge is -2.25. The molecule has 0 spiro atoms. The minimum absolute atomic E-state index is 0.253. The Morgan fingerprint density at radius 3 is 2.84 bits per heavy atom. The highest BCUT2D eigenvalue weighted by Gasteiger charge is 2.28. The summed E-state index contributed by atoms with van der Waals surface area (Å²) in [7, 11) is 0. The summed E-state index contributed by atoms with van der Waals surface area (Å²) in [5.41, 5.74) is 1.09. The van der Waals surface area contributed by atoms with E-state index in [1.165, 1.54) is 0 Å². The van der Waals surface area contributed by atoms with E-state index in [4.69, 9.17) is 4.98 Å². The third-order valence-electron chi connectivity index (χ3n) is 4.69. The van der Waals surface area contributed by atoms with Gasteiger partial charge in [0.1, 0.15) is 23.3 Å². The zero-order valence-corrected chi connectivity index (χ0v) is 14.6. The second kappa shape index (κ2) is 6.63. The molecule has 1 aliphatic rings. The highest BCUT2D eigenvalue weighted by molar-refractivity contribution is 5.43. The highest BCUT2D eigenvalue weighted by Crippen LogP contribution is 2.34. The summed E-state index contributed by atoms with van der Waals surface area (Å²) in [5.74, 6) is 3.74. The quantitative estimate of drug-likeness (QED) is 0.733. The maximum Gasteiger partial charge on any atom is 0.138 e. The average molecular weight is 334 g/mol. The summed E-state index contributed by atoms with van der Waals surface area (Å²) < 4.78 is 2.07. The number of hydrogen-bond donors (Lipinski definition) is 0. The van der Waals surface area contributed by atoms with Crippen molar-refractivity contribution in [2.45, 2.75) is 39.2 Å². The standard InChI is InChI=1S/C19H22N6/c1-3-17-21-11-13-25(17)18-8-4-6-15(23-18)16-7-5-12-24(16)19-9-10-20-14(2)22-19/h4,6,8-11,13,16H,3,5,7,12H2,1-2H3/t16-/m1/s1. The first-order chi connectivity index (χ1) is 12.3. The summed E-state index contributed by atoms with van der Waals surface area (Å²) in [5, 5.41) is 0. The largest absolute Gasteiger partial charge is 0.348 e. The SMILES string of the molecule is CCc1nccn1-c1cccc([C@H]2CCCN2c2ccnc(C)n2)n1. The fraction of sp³-hybridized carbons (Fsp3) is 0.368. The van der Waals surface area contributed by atoms with Crippen LogP contribution in [0.1, 0.15) is 43.1 Å². The monoisotopic (exact) mass is 334 g/mol. The molecule has 0 radical (unpaired) electrons. The Hall–Kier alpha value is -2.76. The van der Waals surface area contributed by atoms with E-state index in [0.29, 0.717) is 0 Å². The van der Waals surface area contributed by atoms with Crippen LogP contribution in [0.25, 0.3) is 5.82 Å². The highest BCUT2D eigenvalue weighted by atomic mass is 15.2. The fourth-order valence-electron chi connectivity index (χ4n) is 3.52. The molecule has 0 N–H and O–H groups in total. The smallest absolute Gasteiger partial charge is 0.138 e. The number of pyridine rings is 1. The van der Waals surface area contributed by atoms with Crippen molar-refractivity contribution in [3.63, 3.8) is 0 Å². The number of imidazole rings is 1. The van der Waals surface area contributed by atoms with Gasteiger partial charge in [0, 0.05) is 31.6 Å². The molecule has 1 aliphatic heterocycles. The number of aryl methyl sites for hydroxylation is 2. The topological polar surface area (TPSA) is 59.7 Å². The van der Waals surface area contributed by atoms with Crippen LogP contribution in [-0.4, -0.2) is 31.0 Å². The van der Waals surface area contributed by atoms with Gasteiger partial charge in [-0.2, -0.15) is 0 Å². The van der Waals surface area contributed by atoms with Gasteiger partial charge in [-0.25, -0.2) is 19.9 Å². The van der Waals surface area contributed by atoms with Gasteiger partial charge in [-0.15, -0.1) is 0 Å². The van der Waals surface area contributed by atoms with Crippen LogP contribution < -0.4 is 4.90 Å². The fourth-order valence-corrected chi connectivity index (χ4v) is 3.52. The predicted molar refractivity (Wildman–Crippen MR) is 96.8 cm³/mol. The van der Waals surface area contributed by atoms with Crippen LogP contribution >= 0.6 is 0 Å². The molecule has 0 amide bonds. The zero-order chi connectivity index (χ0) is 17.2. The molecule has 4 rings (SSSR count). The van der Waals surface area contributed by atoms with Gasteiger partial charge in [0.25, 0.3) is 0 Å². The molecule has 6 heteroatoms. The van der Waals surface area contributed by atoms with Gasteiger partial charge in [0.15, 0.2) is 0 Å². The Morgan fingerprint density at radius 1 is 1.08 bits per heavy atom. The lowest BCUT2D eigenvalue weighted by Crippen LogP contribution is -2.24. The molecular weight excluding hydrogens is 312 g/mol. The molecule has 0 bridgehead atoms. The van der Waals surface area contributed by atoms with E-state index in [2.05, 4.69) is 43.5 Å². The van der Waals surface area contributed by atoms with Gasteiger partial charge >= 0.3 is 0 Å². The Balaban J connectivity index is 1.68. The van der Waals surface area contributed by atoms with Crippen LogP contribution in [0, 0.1) is 6.92 Å². The van der Waals surface area contributed by atoms with E-state index in [1.807, 2.05) is 37.6 Å². The lowest BCUT2D eigenvalue weighted by atomic mass is 10.1. The van der Waals surface area contributed by atoms with Crippen molar-refractivity contribution in [1.29, 1.82) is 0 Å². The maximum atomic E-state index is 4.94. The molecule has 1 saturated heterocycles. The molecule has 6 nitrogen and oxygen atoms in total. The molecule has 0 aliphatic carbocycles. The number of aromatic nitrogens is 5. The van der Waals surface area contributed by atoms with E-state index < -0.39 is 0 Å². The third kappa shape index (κ3) is 2.99. The first kappa shape index (κ1) is 15.7. The van der Waals surface area contributed by atoms with E-state index in [1.54, 1.807) is 0 Å². The molecule has 1 fully saturated rings. The van der Waals surface area contributed by atoms with Crippen molar-refractivity contribution < 1.29 is 0 Å². The second-order valence-electron chi connectivity index (χ2n) is 6.30. The van der Waals surface area contributed by atoms with Crippen LogP contribution in [0.5, 0.6) is 0 Å². The summed E-state index contributed by atoms with van der Waals surface area (Å²) in [6.07, 6.45) is 8.75. The first-order valence-electron chi connectivity index (χ1n) is 8.82. The van der Waals surface area contributed by atoms with Gasteiger partial charge in [0.05, 0.1) is 11.7 Å². The summed E-state index contributed by atoms with van der Waals surface area (Å²) in [6.45, 7) is 5.04. The second-order valence-corrected chi connectivity index (χ2v) is 6.30. The molecule has 1 atom stereocenters. The van der Waals surface area contributed by atoms with Gasteiger partial charge in [0.2, 0.25) is 0 Å². The normalized spacial score (nSPS) is 17.2. The Kier molecular flexibility index (Phi) is 4.17. The summed E-state index contributed by atoms with van der Waals surface area (Å²) in [6, 6.07) is 8.48. The van der Waals surface area contributed by atoms with Crippen molar-refractivity contribution in [3.8, 4) is 5.82 Å². The van der Waals surface area contributed by atoms with Gasteiger partial charge < -0.3 is 4.90 Å². The molecule has 3 aromatic heterocycles. The van der Waals surface area contributed by atoms with Crippen LogP contribution in [0.3, 0.4) is 0 Å². The molecule has 0 aromatic carbocycles. The van der Waals surface area contributed by atoms with Crippen molar-refractivity contribution >= 4 is 5.82 Å². The van der Waals surface area contributed by atoms with Crippen molar-refractivity contribution in [3.05, 3.63) is 60.2 Å². The van der Waals surface area contributed by atoms with Crippen molar-refractivity contribution in [2.75, 3.05) is 11.4 Å². The lowest BCUT2D eigenvalue weighted by molar-refractivity contribution is 0.681. The van der Waals surface area contributed by atoms with Crippen LogP contribution in [0.2, 0.25) is 0 Å². The van der Waals surface area contributed by atoms with E-state index in [0.717, 1.165) is 54.8 Å². The average Bonchev–Trinajstić information content (AvgIpc) is 3.31. The van der Waals surface area contributed by atoms with E-state index in [-0.39, 0.29) is 6.04 Å². The molecule has 4 heterocycles. The molecule has 3 aromatic rings. The number of hydrogen-bond acceptors (Lipinski definition) is 5. The number of nitrogens with zero attached hydrogens (tertiary/aromatic N) is 6. The Labute approximate surface area is 147 Å². The summed E-state index contributed by atoms with van der Waals surface area (Å²) >= 11 is 0. The van der Waals surface area contributed by atoms with Crippen LogP contribution in [0.4, 0.5) is 5.82 Å². The minimum atomic E-state index is 0.253. The number of rotatable bonds is 4. The number of anilines is 1. The first-order valence-corrected chi connectivity index (χ1v) is 8.82. The molecule has 128 valence electrons. The van der Waals surface area contributed by atoms with E-state index in [9.17, 15) is 0 Å². The molecular formula is C19H22N6. The van der Waals surface area contributed by atoms with Crippen molar-refractivity contribution in [2.24, 2.45) is 0 Å². The zero-order valence-electron chi connectivity index (χ0n) is 14.6. The molecule has 0 unspecified atom stereocenters. The van der Waals surface area contributed by atoms with Crippen LogP contribution in [0.15, 0.2) is 42.9 Å². The minimum Gasteiger partial charge on any atom is -0.348 e. The van der Waals surface area contributed by atoms with Gasteiger partial charge in [-0.1, -0.05) is 13.0 Å². The predicted octanol–water partition coefficient (Wildman–Crippen LogP) is 3.27. The van der Waals surface area contributed by atoms with Gasteiger partial charge in [-0.3, -0.25) is 4.57 Å². The third-order valence-corrected chi connectivity index (χ3v) is 4.69. The summed E-state index contributed by atoms with van der Waals surface area (Å²) in [4.78, 5) is 20.5. The van der Waals surface area contributed by atoms with E-state index >= 15 is 0 Å². The Morgan fingerprint density at radius 2 is 2.00 bits per heavy atom. The van der Waals surface area contributed by atoms with Crippen LogP contribution in [-0.2, 0) is 6.42 Å². The Bertz CT molecular complexity index is 872. The molecule has 0 saturated carbocycles.